The second kappa shape index (κ2) is 9.59. The van der Waals surface area contributed by atoms with Crippen LogP contribution in [-0.2, 0) is 4.79 Å². The summed E-state index contributed by atoms with van der Waals surface area (Å²) < 4.78 is 1.93. The zero-order valence-electron chi connectivity index (χ0n) is 18.1. The van der Waals surface area contributed by atoms with Crippen LogP contribution in [0.25, 0.3) is 17.1 Å². The highest BCUT2D eigenvalue weighted by Gasteiger charge is 2.19. The Morgan fingerprint density at radius 3 is 2.31 bits per heavy atom. The van der Waals surface area contributed by atoms with Crippen LogP contribution in [0.15, 0.2) is 71.9 Å². The van der Waals surface area contributed by atoms with Gasteiger partial charge in [-0.15, -0.1) is 10.2 Å². The zero-order valence-corrected chi connectivity index (χ0v) is 19.7. The van der Waals surface area contributed by atoms with Crippen molar-refractivity contribution in [2.75, 3.05) is 11.1 Å². The minimum Gasteiger partial charge on any atom is -0.325 e. The van der Waals surface area contributed by atoms with Crippen molar-refractivity contribution in [1.82, 2.24) is 14.8 Å². The maximum atomic E-state index is 12.7. The molecule has 1 amide bonds. The minimum absolute atomic E-state index is 0.0908. The molecule has 3 aromatic carbocycles. The molecule has 0 unspecified atom stereocenters. The van der Waals surface area contributed by atoms with Crippen molar-refractivity contribution >= 4 is 35.0 Å². The number of halogens is 1. The zero-order chi connectivity index (χ0) is 22.7. The molecule has 5 nitrogen and oxygen atoms in total. The van der Waals surface area contributed by atoms with Gasteiger partial charge in [-0.1, -0.05) is 71.4 Å². The number of rotatable bonds is 6. The van der Waals surface area contributed by atoms with E-state index in [0.717, 1.165) is 28.1 Å². The molecular formula is C25H23ClN4OS. The quantitative estimate of drug-likeness (QED) is 0.344. The SMILES string of the molecule is Cc1cc(C)c(NC(=O)CSc2nnc(-c3ccccc3Cl)n2-c2ccccc2)c(C)c1. The van der Waals surface area contributed by atoms with Gasteiger partial charge in [-0.2, -0.15) is 0 Å². The van der Waals surface area contributed by atoms with E-state index in [-0.39, 0.29) is 11.7 Å². The third kappa shape index (κ3) is 4.71. The van der Waals surface area contributed by atoms with Gasteiger partial charge in [-0.3, -0.25) is 9.36 Å². The molecule has 0 radical (unpaired) electrons. The van der Waals surface area contributed by atoms with Crippen LogP contribution >= 0.6 is 23.4 Å². The second-order valence-electron chi connectivity index (χ2n) is 7.57. The number of thioether (sulfide) groups is 1. The van der Waals surface area contributed by atoms with E-state index >= 15 is 0 Å². The number of carbonyl (C=O) groups excluding carboxylic acids is 1. The predicted octanol–water partition coefficient (Wildman–Crippen LogP) is 6.24. The summed E-state index contributed by atoms with van der Waals surface area (Å²) in [6.07, 6.45) is 0. The van der Waals surface area contributed by atoms with Crippen LogP contribution in [0, 0.1) is 20.8 Å². The third-order valence-electron chi connectivity index (χ3n) is 5.04. The second-order valence-corrected chi connectivity index (χ2v) is 8.92. The standard InChI is InChI=1S/C25H23ClN4OS/c1-16-13-17(2)23(18(3)14-16)27-22(31)15-32-25-29-28-24(20-11-7-8-12-21(20)26)30(25)19-9-5-4-6-10-19/h4-14H,15H2,1-3H3,(H,27,31). The fourth-order valence-electron chi connectivity index (χ4n) is 3.67. The Kier molecular flexibility index (Phi) is 6.63. The van der Waals surface area contributed by atoms with E-state index in [1.54, 1.807) is 0 Å². The van der Waals surface area contributed by atoms with Crippen LogP contribution in [0.5, 0.6) is 0 Å². The Labute approximate surface area is 196 Å². The summed E-state index contributed by atoms with van der Waals surface area (Å²) in [5, 5.41) is 13.0. The number of benzene rings is 3. The minimum atomic E-state index is -0.0908. The first-order valence-corrected chi connectivity index (χ1v) is 11.6. The van der Waals surface area contributed by atoms with Crippen molar-refractivity contribution in [2.45, 2.75) is 25.9 Å². The van der Waals surface area contributed by atoms with Crippen molar-refractivity contribution < 1.29 is 4.79 Å². The van der Waals surface area contributed by atoms with E-state index in [9.17, 15) is 4.79 Å². The Morgan fingerprint density at radius 1 is 0.969 bits per heavy atom. The number of nitrogens with zero attached hydrogens (tertiary/aromatic N) is 3. The van der Waals surface area contributed by atoms with Crippen LogP contribution in [0.4, 0.5) is 5.69 Å². The van der Waals surface area contributed by atoms with Crippen LogP contribution < -0.4 is 5.32 Å². The number of anilines is 1. The Balaban J connectivity index is 1.61. The summed E-state index contributed by atoms with van der Waals surface area (Å²) in [6, 6.07) is 21.5. The molecule has 0 aliphatic carbocycles. The fourth-order valence-corrected chi connectivity index (χ4v) is 4.65. The van der Waals surface area contributed by atoms with Gasteiger partial charge in [-0.05, 0) is 56.2 Å². The van der Waals surface area contributed by atoms with Gasteiger partial charge in [0, 0.05) is 16.9 Å². The molecule has 0 aliphatic heterocycles. The molecule has 0 saturated carbocycles. The van der Waals surface area contributed by atoms with Gasteiger partial charge >= 0.3 is 0 Å². The smallest absolute Gasteiger partial charge is 0.234 e. The van der Waals surface area contributed by atoms with Crippen molar-refractivity contribution in [3.63, 3.8) is 0 Å². The lowest BCUT2D eigenvalue weighted by atomic mass is 10.1. The van der Waals surface area contributed by atoms with Crippen LogP contribution in [0.1, 0.15) is 16.7 Å². The van der Waals surface area contributed by atoms with Crippen molar-refractivity contribution in [3.8, 4) is 17.1 Å². The van der Waals surface area contributed by atoms with Gasteiger partial charge in [0.1, 0.15) is 0 Å². The highest BCUT2D eigenvalue weighted by atomic mass is 35.5. The van der Waals surface area contributed by atoms with Gasteiger partial charge in [0.2, 0.25) is 5.91 Å². The monoisotopic (exact) mass is 462 g/mol. The summed E-state index contributed by atoms with van der Waals surface area (Å²) in [6.45, 7) is 6.06. The number of hydrogen-bond donors (Lipinski definition) is 1. The van der Waals surface area contributed by atoms with Crippen LogP contribution in [0.2, 0.25) is 5.02 Å². The molecule has 0 aliphatic rings. The number of amides is 1. The molecule has 1 aromatic heterocycles. The molecule has 0 bridgehead atoms. The van der Waals surface area contributed by atoms with Crippen LogP contribution in [-0.4, -0.2) is 26.4 Å². The molecule has 0 spiro atoms. The average Bonchev–Trinajstić information content (AvgIpc) is 3.19. The normalized spacial score (nSPS) is 10.9. The summed E-state index contributed by atoms with van der Waals surface area (Å²) in [5.41, 5.74) is 5.83. The Bertz CT molecular complexity index is 1250. The summed E-state index contributed by atoms with van der Waals surface area (Å²) in [4.78, 5) is 12.7. The number of hydrogen-bond acceptors (Lipinski definition) is 4. The number of aromatic nitrogens is 3. The predicted molar refractivity (Wildman–Crippen MR) is 132 cm³/mol. The van der Waals surface area contributed by atoms with E-state index in [0.29, 0.717) is 16.0 Å². The Morgan fingerprint density at radius 2 is 1.62 bits per heavy atom. The lowest BCUT2D eigenvalue weighted by Crippen LogP contribution is -2.16. The number of para-hydroxylation sites is 1. The average molecular weight is 463 g/mol. The van der Waals surface area contributed by atoms with Crippen molar-refractivity contribution in [3.05, 3.63) is 88.4 Å². The molecule has 0 atom stereocenters. The van der Waals surface area contributed by atoms with Crippen molar-refractivity contribution in [2.24, 2.45) is 0 Å². The first-order valence-electron chi connectivity index (χ1n) is 10.2. The first kappa shape index (κ1) is 22.1. The van der Waals surface area contributed by atoms with Gasteiger partial charge in [0.05, 0.1) is 10.8 Å². The fraction of sp³-hybridized carbons (Fsp3) is 0.160. The van der Waals surface area contributed by atoms with Gasteiger partial charge in [0.15, 0.2) is 11.0 Å². The molecule has 4 rings (SSSR count). The largest absolute Gasteiger partial charge is 0.325 e. The van der Waals surface area contributed by atoms with E-state index < -0.39 is 0 Å². The first-order chi connectivity index (χ1) is 15.4. The van der Waals surface area contributed by atoms with Gasteiger partial charge in [-0.25, -0.2) is 0 Å². The maximum Gasteiger partial charge on any atom is 0.234 e. The number of nitrogens with one attached hydrogen (secondary N) is 1. The molecule has 4 aromatic rings. The Hall–Kier alpha value is -3.09. The molecule has 1 N–H and O–H groups in total. The van der Waals surface area contributed by atoms with Gasteiger partial charge in [0.25, 0.3) is 0 Å². The van der Waals surface area contributed by atoms with Crippen LogP contribution in [0.3, 0.4) is 0 Å². The molecule has 32 heavy (non-hydrogen) atoms. The van der Waals surface area contributed by atoms with E-state index in [1.807, 2.05) is 73.0 Å². The highest BCUT2D eigenvalue weighted by molar-refractivity contribution is 7.99. The summed E-state index contributed by atoms with van der Waals surface area (Å²) >= 11 is 7.77. The third-order valence-corrected chi connectivity index (χ3v) is 6.29. The summed E-state index contributed by atoms with van der Waals surface area (Å²) in [5.74, 6) is 0.752. The topological polar surface area (TPSA) is 59.8 Å². The van der Waals surface area contributed by atoms with Crippen molar-refractivity contribution in [1.29, 1.82) is 0 Å². The number of carbonyl (C=O) groups is 1. The summed E-state index contributed by atoms with van der Waals surface area (Å²) in [7, 11) is 0. The lowest BCUT2D eigenvalue weighted by molar-refractivity contribution is -0.113. The van der Waals surface area contributed by atoms with E-state index in [1.165, 1.54) is 17.3 Å². The molecular weight excluding hydrogens is 440 g/mol. The van der Waals surface area contributed by atoms with E-state index in [4.69, 9.17) is 11.6 Å². The maximum absolute atomic E-state index is 12.7. The lowest BCUT2D eigenvalue weighted by Gasteiger charge is -2.13. The number of aryl methyl sites for hydroxylation is 3. The molecule has 7 heteroatoms. The molecule has 162 valence electrons. The highest BCUT2D eigenvalue weighted by Crippen LogP contribution is 2.32. The molecule has 1 heterocycles. The molecule has 0 fully saturated rings. The van der Waals surface area contributed by atoms with E-state index in [2.05, 4.69) is 34.6 Å². The van der Waals surface area contributed by atoms with Gasteiger partial charge < -0.3 is 5.32 Å². The molecule has 0 saturated heterocycles.